The van der Waals surface area contributed by atoms with Crippen molar-refractivity contribution in [3.63, 3.8) is 0 Å². The number of anilines is 1. The molecule has 154 valence electrons. The lowest BCUT2D eigenvalue weighted by molar-refractivity contribution is 0.102. The van der Waals surface area contributed by atoms with Gasteiger partial charge in [0.2, 0.25) is 0 Å². The molecule has 0 aliphatic heterocycles. The standard InChI is InChI=1S/C25H20ClN3O2/c1-17-14-22(30)23(25(31)28-21-12-6-5-11-20(21)26)24(19-10-7-13-27-15-19)29(17)16-18-8-3-2-4-9-18/h2-15H,16H2,1H3,(H,28,31). The van der Waals surface area contributed by atoms with E-state index >= 15 is 0 Å². The molecule has 0 spiro atoms. The second-order valence-corrected chi connectivity index (χ2v) is 7.53. The summed E-state index contributed by atoms with van der Waals surface area (Å²) in [6, 6.07) is 21.9. The van der Waals surface area contributed by atoms with E-state index in [0.29, 0.717) is 28.5 Å². The van der Waals surface area contributed by atoms with E-state index in [9.17, 15) is 9.59 Å². The van der Waals surface area contributed by atoms with Gasteiger partial charge in [-0.15, -0.1) is 0 Å². The number of para-hydroxylation sites is 1. The average molecular weight is 430 g/mol. The normalized spacial score (nSPS) is 10.6. The Hall–Kier alpha value is -3.70. The molecule has 0 atom stereocenters. The largest absolute Gasteiger partial charge is 0.340 e. The highest BCUT2D eigenvalue weighted by molar-refractivity contribution is 6.34. The summed E-state index contributed by atoms with van der Waals surface area (Å²) in [6.45, 7) is 2.36. The van der Waals surface area contributed by atoms with E-state index in [1.165, 1.54) is 6.07 Å². The molecular formula is C25H20ClN3O2. The van der Waals surface area contributed by atoms with Crippen molar-refractivity contribution in [2.45, 2.75) is 13.5 Å². The summed E-state index contributed by atoms with van der Waals surface area (Å²) < 4.78 is 1.97. The minimum Gasteiger partial charge on any atom is -0.340 e. The molecule has 1 N–H and O–H groups in total. The molecule has 4 rings (SSSR count). The van der Waals surface area contributed by atoms with Crippen molar-refractivity contribution in [2.24, 2.45) is 0 Å². The summed E-state index contributed by atoms with van der Waals surface area (Å²) in [6.07, 6.45) is 3.31. The highest BCUT2D eigenvalue weighted by atomic mass is 35.5. The van der Waals surface area contributed by atoms with Gasteiger partial charge in [0, 0.05) is 36.3 Å². The van der Waals surface area contributed by atoms with Crippen LogP contribution in [-0.4, -0.2) is 15.5 Å². The maximum absolute atomic E-state index is 13.3. The molecule has 0 radical (unpaired) electrons. The summed E-state index contributed by atoms with van der Waals surface area (Å²) in [5.74, 6) is -0.515. The molecule has 0 aliphatic carbocycles. The number of hydrogen-bond acceptors (Lipinski definition) is 3. The number of nitrogens with zero attached hydrogens (tertiary/aromatic N) is 2. The number of aromatic nitrogens is 2. The average Bonchev–Trinajstić information content (AvgIpc) is 2.78. The number of carbonyl (C=O) groups is 1. The predicted octanol–water partition coefficient (Wildman–Crippen LogP) is 5.17. The molecule has 31 heavy (non-hydrogen) atoms. The van der Waals surface area contributed by atoms with Crippen molar-refractivity contribution < 1.29 is 4.79 Å². The Bertz CT molecular complexity index is 1290. The summed E-state index contributed by atoms with van der Waals surface area (Å²) in [5, 5.41) is 3.18. The van der Waals surface area contributed by atoms with Crippen molar-refractivity contribution >= 4 is 23.2 Å². The van der Waals surface area contributed by atoms with Crippen LogP contribution < -0.4 is 10.7 Å². The van der Waals surface area contributed by atoms with Gasteiger partial charge in [-0.3, -0.25) is 14.6 Å². The zero-order valence-electron chi connectivity index (χ0n) is 16.9. The van der Waals surface area contributed by atoms with Gasteiger partial charge in [0.15, 0.2) is 5.43 Å². The lowest BCUT2D eigenvalue weighted by atomic mass is 10.0. The predicted molar refractivity (Wildman–Crippen MR) is 124 cm³/mol. The number of aryl methyl sites for hydroxylation is 1. The molecule has 6 heteroatoms. The van der Waals surface area contributed by atoms with Crippen LogP contribution in [0.25, 0.3) is 11.3 Å². The first-order valence-electron chi connectivity index (χ1n) is 9.79. The van der Waals surface area contributed by atoms with Crippen LogP contribution in [-0.2, 0) is 6.54 Å². The lowest BCUT2D eigenvalue weighted by Gasteiger charge is -2.20. The maximum Gasteiger partial charge on any atom is 0.261 e. The molecule has 2 aromatic heterocycles. The minimum atomic E-state index is -0.515. The zero-order valence-corrected chi connectivity index (χ0v) is 17.6. The zero-order chi connectivity index (χ0) is 21.8. The SMILES string of the molecule is Cc1cc(=O)c(C(=O)Nc2ccccc2Cl)c(-c2cccnc2)n1Cc1ccccc1. The number of pyridine rings is 2. The van der Waals surface area contributed by atoms with Crippen molar-refractivity contribution in [2.75, 3.05) is 5.32 Å². The minimum absolute atomic E-state index is 0.0504. The van der Waals surface area contributed by atoms with Crippen LogP contribution in [0.1, 0.15) is 21.6 Å². The Kier molecular flexibility index (Phi) is 5.96. The van der Waals surface area contributed by atoms with E-state index in [1.807, 2.05) is 47.9 Å². The smallest absolute Gasteiger partial charge is 0.261 e. The van der Waals surface area contributed by atoms with E-state index in [0.717, 1.165) is 11.3 Å². The van der Waals surface area contributed by atoms with Crippen LogP contribution in [0.3, 0.4) is 0 Å². The van der Waals surface area contributed by atoms with Crippen molar-refractivity contribution in [1.29, 1.82) is 0 Å². The topological polar surface area (TPSA) is 64.0 Å². The number of carbonyl (C=O) groups excluding carboxylic acids is 1. The third-order valence-corrected chi connectivity index (χ3v) is 5.32. The molecule has 0 bridgehead atoms. The van der Waals surface area contributed by atoms with Gasteiger partial charge in [-0.25, -0.2) is 0 Å². The first-order chi connectivity index (χ1) is 15.0. The van der Waals surface area contributed by atoms with Gasteiger partial charge in [-0.05, 0) is 36.8 Å². The Morgan fingerprint density at radius 1 is 1.03 bits per heavy atom. The number of halogens is 1. The molecule has 5 nitrogen and oxygen atoms in total. The van der Waals surface area contributed by atoms with Gasteiger partial charge >= 0.3 is 0 Å². The number of amides is 1. The molecule has 0 unspecified atom stereocenters. The molecule has 1 amide bonds. The molecule has 2 heterocycles. The Labute approximate surface area is 185 Å². The second-order valence-electron chi connectivity index (χ2n) is 7.12. The number of rotatable bonds is 5. The molecule has 0 saturated heterocycles. The van der Waals surface area contributed by atoms with Crippen LogP contribution in [0, 0.1) is 6.92 Å². The Balaban J connectivity index is 1.90. The highest BCUT2D eigenvalue weighted by Gasteiger charge is 2.22. The van der Waals surface area contributed by atoms with E-state index in [4.69, 9.17) is 11.6 Å². The highest BCUT2D eigenvalue weighted by Crippen LogP contribution is 2.26. The fourth-order valence-corrected chi connectivity index (χ4v) is 3.69. The van der Waals surface area contributed by atoms with Crippen LogP contribution in [0.4, 0.5) is 5.69 Å². The first-order valence-corrected chi connectivity index (χ1v) is 10.2. The van der Waals surface area contributed by atoms with Gasteiger partial charge < -0.3 is 9.88 Å². The third-order valence-electron chi connectivity index (χ3n) is 4.99. The monoisotopic (exact) mass is 429 g/mol. The lowest BCUT2D eigenvalue weighted by Crippen LogP contribution is -2.27. The Morgan fingerprint density at radius 3 is 2.48 bits per heavy atom. The first kappa shape index (κ1) is 20.6. The van der Waals surface area contributed by atoms with E-state index in [1.54, 1.807) is 42.7 Å². The summed E-state index contributed by atoms with van der Waals surface area (Å²) in [7, 11) is 0. The van der Waals surface area contributed by atoms with E-state index in [-0.39, 0.29) is 11.0 Å². The van der Waals surface area contributed by atoms with Gasteiger partial charge in [-0.1, -0.05) is 54.1 Å². The summed E-state index contributed by atoms with van der Waals surface area (Å²) >= 11 is 6.21. The van der Waals surface area contributed by atoms with Crippen LogP contribution in [0.5, 0.6) is 0 Å². The molecule has 0 fully saturated rings. The van der Waals surface area contributed by atoms with Gasteiger partial charge in [-0.2, -0.15) is 0 Å². The van der Waals surface area contributed by atoms with E-state index in [2.05, 4.69) is 10.3 Å². The fourth-order valence-electron chi connectivity index (χ4n) is 3.51. The molecule has 0 aliphatic rings. The van der Waals surface area contributed by atoms with Crippen LogP contribution >= 0.6 is 11.6 Å². The molecule has 2 aromatic carbocycles. The van der Waals surface area contributed by atoms with Gasteiger partial charge in [0.25, 0.3) is 5.91 Å². The fraction of sp³-hybridized carbons (Fsp3) is 0.0800. The van der Waals surface area contributed by atoms with E-state index < -0.39 is 5.91 Å². The number of nitrogens with one attached hydrogen (secondary N) is 1. The molecular weight excluding hydrogens is 410 g/mol. The second kappa shape index (κ2) is 8.98. The molecule has 4 aromatic rings. The number of benzene rings is 2. The van der Waals surface area contributed by atoms with Crippen LogP contribution in [0.15, 0.2) is 90.0 Å². The van der Waals surface area contributed by atoms with Gasteiger partial charge in [0.1, 0.15) is 5.56 Å². The maximum atomic E-state index is 13.3. The third kappa shape index (κ3) is 4.42. The quantitative estimate of drug-likeness (QED) is 0.475. The van der Waals surface area contributed by atoms with Crippen molar-refractivity contribution in [1.82, 2.24) is 9.55 Å². The summed E-state index contributed by atoms with van der Waals surface area (Å²) in [5.41, 5.74) is 3.15. The van der Waals surface area contributed by atoms with Crippen molar-refractivity contribution in [3.8, 4) is 11.3 Å². The van der Waals surface area contributed by atoms with Crippen molar-refractivity contribution in [3.05, 3.63) is 117 Å². The van der Waals surface area contributed by atoms with Crippen LogP contribution in [0.2, 0.25) is 5.02 Å². The number of hydrogen-bond donors (Lipinski definition) is 1. The summed E-state index contributed by atoms with van der Waals surface area (Å²) in [4.78, 5) is 30.5. The Morgan fingerprint density at radius 2 is 1.77 bits per heavy atom. The van der Waals surface area contributed by atoms with Gasteiger partial charge in [0.05, 0.1) is 16.4 Å². The molecule has 0 saturated carbocycles.